The number of ether oxygens (including phenoxy) is 1. The van der Waals surface area contributed by atoms with Gasteiger partial charge in [-0.2, -0.15) is 0 Å². The lowest BCUT2D eigenvalue weighted by molar-refractivity contribution is -0.131. The van der Waals surface area contributed by atoms with Gasteiger partial charge in [0.25, 0.3) is 0 Å². The lowest BCUT2D eigenvalue weighted by atomic mass is 9.96. The van der Waals surface area contributed by atoms with Gasteiger partial charge >= 0.3 is 5.97 Å². The van der Waals surface area contributed by atoms with Crippen molar-refractivity contribution in [3.05, 3.63) is 47.8 Å². The van der Waals surface area contributed by atoms with Gasteiger partial charge in [-0.3, -0.25) is 9.59 Å². The summed E-state index contributed by atoms with van der Waals surface area (Å²) in [6.07, 6.45) is 19.7. The fraction of sp³-hybridized carbons (Fsp3) is 0.500. The van der Waals surface area contributed by atoms with E-state index in [1.165, 1.54) is 44.9 Å². The summed E-state index contributed by atoms with van der Waals surface area (Å²) in [4.78, 5) is 33.8. The first-order valence-corrected chi connectivity index (χ1v) is 9.65. The molecule has 0 amide bonds. The number of allylic oxidation sites excluding steroid dienone is 6. The van der Waals surface area contributed by atoms with Gasteiger partial charge in [-0.1, -0.05) is 56.8 Å². The second kappa shape index (κ2) is 13.7. The van der Waals surface area contributed by atoms with Crippen LogP contribution in [0.1, 0.15) is 64.2 Å². The van der Waals surface area contributed by atoms with Crippen LogP contribution in [0.15, 0.2) is 47.8 Å². The molecule has 0 spiro atoms. The molecule has 0 aromatic carbocycles. The second-order valence-corrected chi connectivity index (χ2v) is 6.61. The van der Waals surface area contributed by atoms with E-state index in [-0.39, 0.29) is 17.3 Å². The molecule has 0 aliphatic heterocycles. The number of aliphatic carboxylic acids is 1. The third-order valence-corrected chi connectivity index (χ3v) is 4.38. The molecule has 148 valence electrons. The lowest BCUT2D eigenvalue weighted by Gasteiger charge is -2.12. The van der Waals surface area contributed by atoms with Crippen LogP contribution in [-0.4, -0.2) is 29.8 Å². The number of carboxylic acid groups (broad SMARTS) is 1. The van der Waals surface area contributed by atoms with Crippen molar-refractivity contribution in [2.75, 3.05) is 7.11 Å². The van der Waals surface area contributed by atoms with Gasteiger partial charge in [-0.25, -0.2) is 4.79 Å². The van der Waals surface area contributed by atoms with Crippen molar-refractivity contribution < 1.29 is 24.2 Å². The number of methoxy groups -OCH3 is 1. The highest BCUT2D eigenvalue weighted by molar-refractivity contribution is 6.19. The number of carboxylic acids is 1. The average Bonchev–Trinajstić information content (AvgIpc) is 2.64. The van der Waals surface area contributed by atoms with Gasteiger partial charge in [-0.15, -0.1) is 0 Å². The van der Waals surface area contributed by atoms with Gasteiger partial charge in [0.1, 0.15) is 0 Å². The molecule has 5 nitrogen and oxygen atoms in total. The summed E-state index contributed by atoms with van der Waals surface area (Å²) in [5, 5.41) is 8.44. The molecule has 0 aromatic rings. The van der Waals surface area contributed by atoms with Gasteiger partial charge in [0.2, 0.25) is 5.78 Å². The van der Waals surface area contributed by atoms with E-state index in [2.05, 4.69) is 0 Å². The van der Waals surface area contributed by atoms with E-state index in [0.29, 0.717) is 12.0 Å². The highest BCUT2D eigenvalue weighted by Gasteiger charge is 2.21. The molecule has 0 unspecified atom stereocenters. The monoisotopic (exact) mass is 374 g/mol. The Bertz CT molecular complexity index is 623. The molecule has 1 rings (SSSR count). The highest BCUT2D eigenvalue weighted by Crippen LogP contribution is 2.20. The molecule has 0 fully saturated rings. The van der Waals surface area contributed by atoms with Crippen molar-refractivity contribution in [3.8, 4) is 0 Å². The minimum Gasteiger partial charge on any atom is -0.493 e. The van der Waals surface area contributed by atoms with Crippen LogP contribution in [0.4, 0.5) is 0 Å². The fourth-order valence-corrected chi connectivity index (χ4v) is 2.92. The van der Waals surface area contributed by atoms with E-state index in [4.69, 9.17) is 9.84 Å². The average molecular weight is 374 g/mol. The minimum atomic E-state index is -0.924. The van der Waals surface area contributed by atoms with Crippen LogP contribution in [0.2, 0.25) is 0 Å². The quantitative estimate of drug-likeness (QED) is 0.206. The Hall–Kier alpha value is -2.43. The van der Waals surface area contributed by atoms with Crippen LogP contribution < -0.4 is 0 Å². The normalized spacial score (nSPS) is 14.7. The zero-order valence-corrected chi connectivity index (χ0v) is 16.1. The number of ketones is 2. The number of rotatable bonds is 14. The van der Waals surface area contributed by atoms with Crippen molar-refractivity contribution in [1.82, 2.24) is 0 Å². The maximum Gasteiger partial charge on any atom is 0.328 e. The molecule has 0 bridgehead atoms. The zero-order chi connectivity index (χ0) is 19.9. The van der Waals surface area contributed by atoms with Crippen molar-refractivity contribution in [2.45, 2.75) is 64.2 Å². The van der Waals surface area contributed by atoms with Gasteiger partial charge in [0, 0.05) is 17.7 Å². The number of hydrogen-bond donors (Lipinski definition) is 1. The van der Waals surface area contributed by atoms with E-state index in [1.807, 2.05) is 6.08 Å². The largest absolute Gasteiger partial charge is 0.493 e. The van der Waals surface area contributed by atoms with Crippen molar-refractivity contribution >= 4 is 17.5 Å². The molecule has 5 heteroatoms. The Morgan fingerprint density at radius 2 is 1.59 bits per heavy atom. The third-order valence-electron chi connectivity index (χ3n) is 4.38. The number of hydrogen-bond acceptors (Lipinski definition) is 4. The van der Waals surface area contributed by atoms with Crippen LogP contribution in [0, 0.1) is 0 Å². The number of unbranched alkanes of at least 4 members (excludes halogenated alkanes) is 8. The summed E-state index contributed by atoms with van der Waals surface area (Å²) in [7, 11) is 1.41. The summed E-state index contributed by atoms with van der Waals surface area (Å²) in [5.41, 5.74) is 0.561. The predicted molar refractivity (Wildman–Crippen MR) is 105 cm³/mol. The summed E-state index contributed by atoms with van der Waals surface area (Å²) >= 11 is 0. The van der Waals surface area contributed by atoms with Crippen LogP contribution in [0.3, 0.4) is 0 Å². The van der Waals surface area contributed by atoms with Crippen LogP contribution in [0.5, 0.6) is 0 Å². The summed E-state index contributed by atoms with van der Waals surface area (Å²) in [5.74, 6) is -1.11. The summed E-state index contributed by atoms with van der Waals surface area (Å²) in [6, 6.07) is 0. The molecular weight excluding hydrogens is 344 g/mol. The van der Waals surface area contributed by atoms with Gasteiger partial charge in [0.15, 0.2) is 11.5 Å². The van der Waals surface area contributed by atoms with E-state index in [1.54, 1.807) is 12.2 Å². The molecule has 0 radical (unpaired) electrons. The Morgan fingerprint density at radius 1 is 0.963 bits per heavy atom. The fourth-order valence-electron chi connectivity index (χ4n) is 2.92. The second-order valence-electron chi connectivity index (χ2n) is 6.61. The number of carbonyl (C=O) groups excluding carboxylic acids is 2. The van der Waals surface area contributed by atoms with Gasteiger partial charge in [-0.05, 0) is 31.8 Å². The van der Waals surface area contributed by atoms with E-state index in [9.17, 15) is 14.4 Å². The molecular formula is C22H30O5. The molecule has 27 heavy (non-hydrogen) atoms. The first kappa shape index (κ1) is 22.6. The van der Waals surface area contributed by atoms with Crippen LogP contribution in [-0.2, 0) is 19.1 Å². The van der Waals surface area contributed by atoms with Crippen molar-refractivity contribution in [3.63, 3.8) is 0 Å². The van der Waals surface area contributed by atoms with Crippen molar-refractivity contribution in [1.29, 1.82) is 0 Å². The molecule has 0 aromatic heterocycles. The summed E-state index contributed by atoms with van der Waals surface area (Å²) < 4.78 is 4.95. The topological polar surface area (TPSA) is 80.7 Å². The molecule has 1 aliphatic carbocycles. The first-order valence-electron chi connectivity index (χ1n) is 9.65. The molecule has 0 saturated carbocycles. The first-order chi connectivity index (χ1) is 13.0. The maximum absolute atomic E-state index is 12.0. The number of carbonyl (C=O) groups is 3. The van der Waals surface area contributed by atoms with E-state index in [0.717, 1.165) is 38.2 Å². The van der Waals surface area contributed by atoms with Crippen molar-refractivity contribution in [2.24, 2.45) is 0 Å². The Kier molecular flexibility index (Phi) is 11.5. The standard InChI is InChI=1S/C22H30O5/c1-27-20-17-19(23)16-18(22(20)26)14-12-10-8-6-4-2-3-5-7-9-11-13-15-21(24)25/h9,11,13,15-17H,2-8,10,12,14H2,1H3,(H,24,25)/b11-9+,15-13+. The lowest BCUT2D eigenvalue weighted by Crippen LogP contribution is -2.15. The molecule has 1 aliphatic rings. The molecule has 1 N–H and O–H groups in total. The Labute approximate surface area is 161 Å². The van der Waals surface area contributed by atoms with Gasteiger partial charge < -0.3 is 9.84 Å². The maximum atomic E-state index is 12.0. The Balaban J connectivity index is 1.98. The van der Waals surface area contributed by atoms with E-state index >= 15 is 0 Å². The SMILES string of the molecule is COC1=CC(=O)C=C(CCCCCCCCCC/C=C/C=C/C(=O)O)C1=O. The zero-order valence-electron chi connectivity index (χ0n) is 16.1. The smallest absolute Gasteiger partial charge is 0.328 e. The predicted octanol–water partition coefficient (Wildman–Crippen LogP) is 4.69. The molecule has 0 saturated heterocycles. The minimum absolute atomic E-state index is 0.144. The molecule has 0 heterocycles. The third kappa shape index (κ3) is 10.3. The Morgan fingerprint density at radius 3 is 2.22 bits per heavy atom. The molecule has 0 atom stereocenters. The van der Waals surface area contributed by atoms with Crippen LogP contribution in [0.25, 0.3) is 0 Å². The van der Waals surface area contributed by atoms with Gasteiger partial charge in [0.05, 0.1) is 7.11 Å². The number of Topliss-reactive ketones (excluding diaryl/α,β-unsaturated/α-hetero) is 1. The van der Waals surface area contributed by atoms with Crippen LogP contribution >= 0.6 is 0 Å². The van der Waals surface area contributed by atoms with E-state index < -0.39 is 5.97 Å². The summed E-state index contributed by atoms with van der Waals surface area (Å²) in [6.45, 7) is 0. The highest BCUT2D eigenvalue weighted by atomic mass is 16.5.